The van der Waals surface area contributed by atoms with Gasteiger partial charge in [-0.2, -0.15) is 0 Å². The molecule has 0 heterocycles. The lowest BCUT2D eigenvalue weighted by Crippen LogP contribution is -2.49. The van der Waals surface area contributed by atoms with Crippen LogP contribution in [0.2, 0.25) is 0 Å². The van der Waals surface area contributed by atoms with E-state index in [2.05, 4.69) is 5.32 Å². The van der Waals surface area contributed by atoms with Crippen molar-refractivity contribution in [2.75, 3.05) is 6.54 Å². The van der Waals surface area contributed by atoms with Gasteiger partial charge in [-0.25, -0.2) is 4.39 Å². The van der Waals surface area contributed by atoms with Crippen molar-refractivity contribution in [3.8, 4) is 0 Å². The minimum absolute atomic E-state index is 0.0737. The molecule has 0 saturated carbocycles. The quantitative estimate of drug-likeness (QED) is 0.845. The Kier molecular flexibility index (Phi) is 4.84. The van der Waals surface area contributed by atoms with E-state index in [1.54, 1.807) is 12.1 Å². The van der Waals surface area contributed by atoms with Gasteiger partial charge in [0.1, 0.15) is 5.82 Å². The molecule has 0 saturated heterocycles. The third-order valence-corrected chi connectivity index (χ3v) is 3.38. The Morgan fingerprint density at radius 3 is 2.56 bits per heavy atom. The van der Waals surface area contributed by atoms with Crippen LogP contribution in [0.3, 0.4) is 0 Å². The van der Waals surface area contributed by atoms with Crippen molar-refractivity contribution in [2.45, 2.75) is 39.2 Å². The van der Waals surface area contributed by atoms with Crippen LogP contribution in [0, 0.1) is 12.7 Å². The van der Waals surface area contributed by atoms with Crippen LogP contribution in [0.25, 0.3) is 0 Å². The van der Waals surface area contributed by atoms with Crippen molar-refractivity contribution in [3.63, 3.8) is 0 Å². The van der Waals surface area contributed by atoms with Crippen molar-refractivity contribution >= 4 is 5.91 Å². The SMILES string of the molecule is CCC(N)(CC)CNC(=O)c1cc(C)ccc1F. The molecule has 0 atom stereocenters. The van der Waals surface area contributed by atoms with E-state index in [0.717, 1.165) is 18.4 Å². The van der Waals surface area contributed by atoms with E-state index in [9.17, 15) is 9.18 Å². The predicted molar refractivity (Wildman–Crippen MR) is 71.0 cm³/mol. The van der Waals surface area contributed by atoms with E-state index in [1.165, 1.54) is 6.07 Å². The maximum atomic E-state index is 13.5. The smallest absolute Gasteiger partial charge is 0.254 e. The second-order valence-corrected chi connectivity index (χ2v) is 4.74. The molecule has 0 bridgehead atoms. The first-order valence-corrected chi connectivity index (χ1v) is 6.25. The van der Waals surface area contributed by atoms with Crippen LogP contribution in [0.15, 0.2) is 18.2 Å². The Morgan fingerprint density at radius 2 is 2.00 bits per heavy atom. The second-order valence-electron chi connectivity index (χ2n) is 4.74. The molecule has 0 aliphatic rings. The molecule has 1 aromatic rings. The number of aryl methyl sites for hydroxylation is 1. The summed E-state index contributed by atoms with van der Waals surface area (Å²) < 4.78 is 13.5. The summed E-state index contributed by atoms with van der Waals surface area (Å²) in [5.74, 6) is -0.915. The van der Waals surface area contributed by atoms with Crippen molar-refractivity contribution in [1.82, 2.24) is 5.32 Å². The summed E-state index contributed by atoms with van der Waals surface area (Å²) in [4.78, 5) is 11.9. The Labute approximate surface area is 108 Å². The van der Waals surface area contributed by atoms with E-state index >= 15 is 0 Å². The van der Waals surface area contributed by atoms with E-state index in [1.807, 2.05) is 20.8 Å². The van der Waals surface area contributed by atoms with Gasteiger partial charge in [0.15, 0.2) is 0 Å². The number of amides is 1. The number of hydrogen-bond acceptors (Lipinski definition) is 2. The normalized spacial score (nSPS) is 11.4. The van der Waals surface area contributed by atoms with Gasteiger partial charge in [-0.15, -0.1) is 0 Å². The van der Waals surface area contributed by atoms with Gasteiger partial charge in [0.2, 0.25) is 0 Å². The number of rotatable bonds is 5. The molecule has 4 heteroatoms. The van der Waals surface area contributed by atoms with Gasteiger partial charge in [0, 0.05) is 12.1 Å². The molecular formula is C14H21FN2O. The standard InChI is InChI=1S/C14H21FN2O/c1-4-14(16,5-2)9-17-13(18)11-8-10(3)6-7-12(11)15/h6-8H,4-5,9,16H2,1-3H3,(H,17,18). The number of nitrogens with one attached hydrogen (secondary N) is 1. The number of carbonyl (C=O) groups is 1. The molecule has 1 amide bonds. The van der Waals surface area contributed by atoms with E-state index in [-0.39, 0.29) is 5.56 Å². The van der Waals surface area contributed by atoms with Crippen LogP contribution in [0.4, 0.5) is 4.39 Å². The molecule has 0 aliphatic heterocycles. The largest absolute Gasteiger partial charge is 0.350 e. The molecule has 0 aliphatic carbocycles. The Bertz CT molecular complexity index is 428. The van der Waals surface area contributed by atoms with E-state index < -0.39 is 17.3 Å². The molecule has 3 nitrogen and oxygen atoms in total. The average molecular weight is 252 g/mol. The van der Waals surface area contributed by atoms with Crippen LogP contribution >= 0.6 is 0 Å². The summed E-state index contributed by atoms with van der Waals surface area (Å²) in [5.41, 5.74) is 6.59. The highest BCUT2D eigenvalue weighted by atomic mass is 19.1. The predicted octanol–water partition coefficient (Wildman–Crippen LogP) is 2.38. The van der Waals surface area contributed by atoms with Crippen molar-refractivity contribution in [3.05, 3.63) is 35.1 Å². The number of carbonyl (C=O) groups excluding carboxylic acids is 1. The summed E-state index contributed by atoms with van der Waals surface area (Å²) in [6.07, 6.45) is 1.53. The highest BCUT2D eigenvalue weighted by Gasteiger charge is 2.22. The van der Waals surface area contributed by atoms with Crippen LogP contribution in [-0.2, 0) is 0 Å². The Morgan fingerprint density at radius 1 is 1.39 bits per heavy atom. The first-order chi connectivity index (χ1) is 8.41. The highest BCUT2D eigenvalue weighted by Crippen LogP contribution is 2.12. The van der Waals surface area contributed by atoms with Crippen LogP contribution in [0.1, 0.15) is 42.6 Å². The number of benzene rings is 1. The zero-order chi connectivity index (χ0) is 13.8. The molecule has 0 radical (unpaired) electrons. The van der Waals surface area contributed by atoms with Gasteiger partial charge >= 0.3 is 0 Å². The minimum Gasteiger partial charge on any atom is -0.350 e. The molecular weight excluding hydrogens is 231 g/mol. The fourth-order valence-corrected chi connectivity index (χ4v) is 1.66. The second kappa shape index (κ2) is 5.96. The van der Waals surface area contributed by atoms with Crippen LogP contribution in [-0.4, -0.2) is 18.0 Å². The summed E-state index contributed by atoms with van der Waals surface area (Å²) >= 11 is 0. The van der Waals surface area contributed by atoms with Crippen molar-refractivity contribution in [2.24, 2.45) is 5.73 Å². The first kappa shape index (κ1) is 14.6. The van der Waals surface area contributed by atoms with E-state index in [0.29, 0.717) is 6.54 Å². The first-order valence-electron chi connectivity index (χ1n) is 6.25. The fourth-order valence-electron chi connectivity index (χ4n) is 1.66. The lowest BCUT2D eigenvalue weighted by atomic mass is 9.94. The summed E-state index contributed by atoms with van der Waals surface area (Å²) in [6, 6.07) is 4.48. The third kappa shape index (κ3) is 3.53. The average Bonchev–Trinajstić information content (AvgIpc) is 2.38. The molecule has 100 valence electrons. The zero-order valence-electron chi connectivity index (χ0n) is 11.2. The van der Waals surface area contributed by atoms with Gasteiger partial charge in [0.25, 0.3) is 5.91 Å². The maximum Gasteiger partial charge on any atom is 0.254 e. The van der Waals surface area contributed by atoms with Gasteiger partial charge in [-0.3, -0.25) is 4.79 Å². The highest BCUT2D eigenvalue weighted by molar-refractivity contribution is 5.94. The minimum atomic E-state index is -0.506. The maximum absolute atomic E-state index is 13.5. The van der Waals surface area contributed by atoms with Crippen LogP contribution in [0.5, 0.6) is 0 Å². The van der Waals surface area contributed by atoms with Crippen molar-refractivity contribution < 1.29 is 9.18 Å². The van der Waals surface area contributed by atoms with E-state index in [4.69, 9.17) is 5.73 Å². The molecule has 0 fully saturated rings. The third-order valence-electron chi connectivity index (χ3n) is 3.38. The fraction of sp³-hybridized carbons (Fsp3) is 0.500. The number of nitrogens with two attached hydrogens (primary N) is 1. The van der Waals surface area contributed by atoms with Gasteiger partial charge < -0.3 is 11.1 Å². The summed E-state index contributed by atoms with van der Waals surface area (Å²) in [7, 11) is 0. The molecule has 1 rings (SSSR count). The van der Waals surface area contributed by atoms with Crippen LogP contribution < -0.4 is 11.1 Å². The Hall–Kier alpha value is -1.42. The lowest BCUT2D eigenvalue weighted by molar-refractivity contribution is 0.0938. The molecule has 0 spiro atoms. The van der Waals surface area contributed by atoms with Gasteiger partial charge in [-0.1, -0.05) is 25.5 Å². The molecule has 1 aromatic carbocycles. The summed E-state index contributed by atoms with van der Waals surface area (Å²) in [5, 5.41) is 2.71. The topological polar surface area (TPSA) is 55.1 Å². The monoisotopic (exact) mass is 252 g/mol. The number of halogens is 1. The van der Waals surface area contributed by atoms with Crippen molar-refractivity contribution in [1.29, 1.82) is 0 Å². The number of hydrogen-bond donors (Lipinski definition) is 2. The molecule has 3 N–H and O–H groups in total. The van der Waals surface area contributed by atoms with Gasteiger partial charge in [-0.05, 0) is 31.9 Å². The lowest BCUT2D eigenvalue weighted by Gasteiger charge is -2.26. The molecule has 18 heavy (non-hydrogen) atoms. The molecule has 0 unspecified atom stereocenters. The zero-order valence-corrected chi connectivity index (χ0v) is 11.2. The molecule has 0 aromatic heterocycles. The Balaban J connectivity index is 2.74. The summed E-state index contributed by atoms with van der Waals surface area (Å²) in [6.45, 7) is 6.12. The van der Waals surface area contributed by atoms with Gasteiger partial charge in [0.05, 0.1) is 5.56 Å².